The Morgan fingerprint density at radius 1 is 1.07 bits per heavy atom. The number of ether oxygens (including phenoxy) is 2. The van der Waals surface area contributed by atoms with Gasteiger partial charge < -0.3 is 14.8 Å². The molecule has 2 aromatic rings. The number of para-hydroxylation sites is 2. The highest BCUT2D eigenvalue weighted by Crippen LogP contribution is 2.26. The van der Waals surface area contributed by atoms with Gasteiger partial charge in [-0.2, -0.15) is 5.10 Å². The predicted octanol–water partition coefficient (Wildman–Crippen LogP) is 4.26. The number of nitrogens with one attached hydrogen (secondary N) is 2. The first-order valence-corrected chi connectivity index (χ1v) is 9.91. The number of hydrazone groups is 1. The summed E-state index contributed by atoms with van der Waals surface area (Å²) in [5.74, 6) is 0.460. The van der Waals surface area contributed by atoms with Crippen molar-refractivity contribution in [1.82, 2.24) is 5.43 Å². The van der Waals surface area contributed by atoms with Gasteiger partial charge in [0, 0.05) is 10.7 Å². The molecule has 0 fully saturated rings. The van der Waals surface area contributed by atoms with Crippen LogP contribution in [0, 0.1) is 13.8 Å². The zero-order chi connectivity index (χ0) is 22.1. The molecule has 0 bridgehead atoms. The van der Waals surface area contributed by atoms with Crippen LogP contribution < -0.4 is 20.2 Å². The number of rotatable bonds is 9. The van der Waals surface area contributed by atoms with Crippen molar-refractivity contribution >= 4 is 34.8 Å². The molecule has 2 aromatic carbocycles. The van der Waals surface area contributed by atoms with Gasteiger partial charge in [0.15, 0.2) is 6.61 Å². The van der Waals surface area contributed by atoms with Crippen LogP contribution in [0.15, 0.2) is 41.5 Å². The van der Waals surface area contributed by atoms with Crippen LogP contribution in [0.5, 0.6) is 11.5 Å². The van der Waals surface area contributed by atoms with Crippen molar-refractivity contribution in [1.29, 1.82) is 0 Å². The van der Waals surface area contributed by atoms with E-state index < -0.39 is 5.91 Å². The van der Waals surface area contributed by atoms with Crippen LogP contribution in [0.25, 0.3) is 0 Å². The van der Waals surface area contributed by atoms with Crippen LogP contribution in [0.1, 0.15) is 31.4 Å². The van der Waals surface area contributed by atoms with Gasteiger partial charge in [-0.15, -0.1) is 0 Å². The van der Waals surface area contributed by atoms with E-state index in [1.54, 1.807) is 31.2 Å². The fourth-order valence-corrected chi connectivity index (χ4v) is 2.76. The molecule has 0 radical (unpaired) electrons. The first kappa shape index (κ1) is 23.2. The van der Waals surface area contributed by atoms with Gasteiger partial charge >= 0.3 is 0 Å². The number of nitrogens with zero attached hydrogens (tertiary/aromatic N) is 1. The van der Waals surface area contributed by atoms with E-state index in [2.05, 4.69) is 15.8 Å². The molecule has 0 aromatic heterocycles. The molecular formula is C22H26ClN3O4. The molecule has 0 spiro atoms. The molecule has 2 amide bonds. The number of halogens is 1. The fourth-order valence-electron chi connectivity index (χ4n) is 2.65. The van der Waals surface area contributed by atoms with E-state index in [4.69, 9.17) is 21.1 Å². The van der Waals surface area contributed by atoms with Gasteiger partial charge in [0.25, 0.3) is 5.91 Å². The Bertz CT molecular complexity index is 921. The molecule has 0 saturated carbocycles. The van der Waals surface area contributed by atoms with E-state index in [-0.39, 0.29) is 18.9 Å². The number of carbonyl (C=O) groups is 2. The molecule has 0 saturated heterocycles. The predicted molar refractivity (Wildman–Crippen MR) is 119 cm³/mol. The first-order valence-electron chi connectivity index (χ1n) is 9.53. The Morgan fingerprint density at radius 3 is 2.40 bits per heavy atom. The monoisotopic (exact) mass is 431 g/mol. The molecule has 2 N–H and O–H groups in total. The maximum atomic E-state index is 12.2. The zero-order valence-corrected chi connectivity index (χ0v) is 18.3. The van der Waals surface area contributed by atoms with Crippen molar-refractivity contribution in [3.63, 3.8) is 0 Å². The smallest absolute Gasteiger partial charge is 0.277 e. The largest absolute Gasteiger partial charge is 0.492 e. The standard InChI is InChI=1S/C22H26ClN3O4/c1-5-29-19-9-7-6-8-18(19)24-20(27)12-16(4)25-26-21(28)13-30-17-10-14(2)22(23)15(3)11-17/h6-11H,5,12-13H2,1-4H3,(H,24,27)(H,26,28)/b25-16-. The number of amides is 2. The second-order valence-electron chi connectivity index (χ2n) is 6.70. The molecule has 7 nitrogen and oxygen atoms in total. The van der Waals surface area contributed by atoms with Crippen LogP contribution >= 0.6 is 11.6 Å². The summed E-state index contributed by atoms with van der Waals surface area (Å²) in [5.41, 5.74) is 5.17. The zero-order valence-electron chi connectivity index (χ0n) is 17.5. The lowest BCUT2D eigenvalue weighted by Gasteiger charge is -2.11. The van der Waals surface area contributed by atoms with Crippen LogP contribution in [0.4, 0.5) is 5.69 Å². The minimum atomic E-state index is -0.429. The van der Waals surface area contributed by atoms with Crippen LogP contribution in [0.3, 0.4) is 0 Å². The number of carbonyl (C=O) groups excluding carboxylic acids is 2. The topological polar surface area (TPSA) is 89.0 Å². The Morgan fingerprint density at radius 2 is 1.73 bits per heavy atom. The molecule has 0 aliphatic rings. The lowest BCUT2D eigenvalue weighted by Crippen LogP contribution is -2.26. The highest BCUT2D eigenvalue weighted by atomic mass is 35.5. The molecule has 8 heteroatoms. The number of anilines is 1. The summed E-state index contributed by atoms with van der Waals surface area (Å²) in [7, 11) is 0. The van der Waals surface area contributed by atoms with Gasteiger partial charge in [-0.25, -0.2) is 5.43 Å². The van der Waals surface area contributed by atoms with Gasteiger partial charge in [-0.1, -0.05) is 23.7 Å². The summed E-state index contributed by atoms with van der Waals surface area (Å²) < 4.78 is 11.0. The van der Waals surface area contributed by atoms with Crippen LogP contribution in [0.2, 0.25) is 5.02 Å². The fraction of sp³-hybridized carbons (Fsp3) is 0.318. The lowest BCUT2D eigenvalue weighted by molar-refractivity contribution is -0.123. The second-order valence-corrected chi connectivity index (χ2v) is 7.07. The first-order chi connectivity index (χ1) is 14.3. The quantitative estimate of drug-likeness (QED) is 0.458. The van der Waals surface area contributed by atoms with Gasteiger partial charge in [-0.3, -0.25) is 9.59 Å². The SMILES string of the molecule is CCOc1ccccc1NC(=O)C/C(C)=N\NC(=O)COc1cc(C)c(Cl)c(C)c1. The lowest BCUT2D eigenvalue weighted by atomic mass is 10.1. The van der Waals surface area contributed by atoms with E-state index in [1.807, 2.05) is 32.9 Å². The summed E-state index contributed by atoms with van der Waals surface area (Å²) >= 11 is 6.12. The Kier molecular flexibility index (Phi) is 8.68. The van der Waals surface area contributed by atoms with Crippen molar-refractivity contribution in [3.05, 3.63) is 52.5 Å². The van der Waals surface area contributed by atoms with Crippen LogP contribution in [-0.2, 0) is 9.59 Å². The maximum Gasteiger partial charge on any atom is 0.277 e. The molecule has 0 heterocycles. The number of aryl methyl sites for hydroxylation is 2. The Balaban J connectivity index is 1.83. The third-order valence-corrected chi connectivity index (χ3v) is 4.62. The van der Waals surface area contributed by atoms with Gasteiger partial charge in [-0.05, 0) is 63.1 Å². The van der Waals surface area contributed by atoms with Crippen LogP contribution in [-0.4, -0.2) is 30.7 Å². The molecule has 0 aliphatic carbocycles. The summed E-state index contributed by atoms with van der Waals surface area (Å²) in [4.78, 5) is 24.2. The van der Waals surface area contributed by atoms with E-state index in [0.717, 1.165) is 11.1 Å². The second kappa shape index (κ2) is 11.2. The van der Waals surface area contributed by atoms with Crippen molar-refractivity contribution < 1.29 is 19.1 Å². The normalized spacial score (nSPS) is 11.0. The van der Waals surface area contributed by atoms with E-state index in [0.29, 0.717) is 34.5 Å². The number of hydrogen-bond donors (Lipinski definition) is 2. The minimum Gasteiger partial charge on any atom is -0.492 e. The average Bonchev–Trinajstić information content (AvgIpc) is 2.70. The summed E-state index contributed by atoms with van der Waals surface area (Å²) in [6.45, 7) is 7.56. The Labute approximate surface area is 181 Å². The van der Waals surface area contributed by atoms with E-state index >= 15 is 0 Å². The molecular weight excluding hydrogens is 406 g/mol. The highest BCUT2D eigenvalue weighted by molar-refractivity contribution is 6.32. The molecule has 30 heavy (non-hydrogen) atoms. The number of hydrogen-bond acceptors (Lipinski definition) is 5. The van der Waals surface area contributed by atoms with Crippen molar-refractivity contribution in [2.45, 2.75) is 34.1 Å². The molecule has 0 atom stereocenters. The van der Waals surface area contributed by atoms with E-state index in [1.165, 1.54) is 0 Å². The Hall–Kier alpha value is -3.06. The summed E-state index contributed by atoms with van der Waals surface area (Å²) in [6, 6.07) is 10.7. The van der Waals surface area contributed by atoms with Gasteiger partial charge in [0.1, 0.15) is 11.5 Å². The molecule has 160 valence electrons. The summed E-state index contributed by atoms with van der Waals surface area (Å²) in [5, 5.41) is 7.41. The maximum absolute atomic E-state index is 12.2. The van der Waals surface area contributed by atoms with Gasteiger partial charge in [0.05, 0.1) is 18.7 Å². The summed E-state index contributed by atoms with van der Waals surface area (Å²) in [6.07, 6.45) is 0.0250. The number of benzene rings is 2. The van der Waals surface area contributed by atoms with Crippen molar-refractivity contribution in [2.24, 2.45) is 5.10 Å². The molecule has 0 unspecified atom stereocenters. The molecule has 0 aliphatic heterocycles. The van der Waals surface area contributed by atoms with Crippen molar-refractivity contribution in [2.75, 3.05) is 18.5 Å². The van der Waals surface area contributed by atoms with E-state index in [9.17, 15) is 9.59 Å². The third kappa shape index (κ3) is 7.08. The third-order valence-electron chi connectivity index (χ3n) is 4.03. The van der Waals surface area contributed by atoms with Crippen molar-refractivity contribution in [3.8, 4) is 11.5 Å². The average molecular weight is 432 g/mol. The van der Waals surface area contributed by atoms with Gasteiger partial charge in [0.2, 0.25) is 5.91 Å². The highest BCUT2D eigenvalue weighted by Gasteiger charge is 2.10. The minimum absolute atomic E-state index is 0.0250. The molecule has 2 rings (SSSR count).